The van der Waals surface area contributed by atoms with E-state index >= 15 is 0 Å². The van der Waals surface area contributed by atoms with Crippen molar-refractivity contribution in [2.45, 2.75) is 111 Å². The molecule has 1 aromatic rings. The second kappa shape index (κ2) is 13.6. The molecule has 0 bridgehead atoms. The van der Waals surface area contributed by atoms with Gasteiger partial charge in [0.2, 0.25) is 0 Å². The van der Waals surface area contributed by atoms with E-state index in [9.17, 15) is 0 Å². The largest absolute Gasteiger partial charge is 0.0654 e. The molecule has 23 heavy (non-hydrogen) atoms. The maximum Gasteiger partial charge on any atom is -0.0274 e. The number of hydrogen-bond donors (Lipinski definition) is 0. The predicted molar refractivity (Wildman–Crippen MR) is 105 cm³/mol. The van der Waals surface area contributed by atoms with E-state index in [1.165, 1.54) is 95.5 Å². The number of unbranched alkanes of at least 4 members (excludes halogenated alkanes) is 10. The third-order valence-electron chi connectivity index (χ3n) is 5.09. The fourth-order valence-electron chi connectivity index (χ4n) is 3.51. The van der Waals surface area contributed by atoms with Crippen LogP contribution in [-0.4, -0.2) is 0 Å². The van der Waals surface area contributed by atoms with Crippen LogP contribution >= 0.6 is 0 Å². The van der Waals surface area contributed by atoms with Gasteiger partial charge in [-0.05, 0) is 49.3 Å². The summed E-state index contributed by atoms with van der Waals surface area (Å²) in [4.78, 5) is 0. The number of aryl methyl sites for hydroxylation is 2. The second-order valence-electron chi connectivity index (χ2n) is 7.25. The van der Waals surface area contributed by atoms with Gasteiger partial charge in [0.25, 0.3) is 0 Å². The van der Waals surface area contributed by atoms with E-state index in [1.807, 2.05) is 0 Å². The molecule has 0 unspecified atom stereocenters. The Morgan fingerprint density at radius 3 is 1.78 bits per heavy atom. The van der Waals surface area contributed by atoms with Gasteiger partial charge >= 0.3 is 0 Å². The Bertz CT molecular complexity index is 391. The normalized spacial score (nSPS) is 11.1. The molecule has 1 rings (SSSR count). The van der Waals surface area contributed by atoms with Crippen molar-refractivity contribution in [2.75, 3.05) is 0 Å². The van der Waals surface area contributed by atoms with Crippen molar-refractivity contribution in [3.05, 3.63) is 34.9 Å². The van der Waals surface area contributed by atoms with E-state index in [-0.39, 0.29) is 0 Å². The lowest BCUT2D eigenvalue weighted by Gasteiger charge is -2.12. The highest BCUT2D eigenvalue weighted by Gasteiger charge is 2.05. The minimum Gasteiger partial charge on any atom is -0.0654 e. The molecule has 132 valence electrons. The van der Waals surface area contributed by atoms with Crippen LogP contribution in [0.2, 0.25) is 0 Å². The first kappa shape index (κ1) is 20.3. The average Bonchev–Trinajstić information content (AvgIpc) is 2.56. The minimum absolute atomic E-state index is 1.27. The molecule has 0 spiro atoms. The summed E-state index contributed by atoms with van der Waals surface area (Å²) >= 11 is 0. The summed E-state index contributed by atoms with van der Waals surface area (Å²) in [5, 5.41) is 0. The molecule has 1 aromatic carbocycles. The Morgan fingerprint density at radius 1 is 0.609 bits per heavy atom. The lowest BCUT2D eigenvalue weighted by atomic mass is 9.93. The van der Waals surface area contributed by atoms with Crippen molar-refractivity contribution < 1.29 is 0 Å². The first-order valence-corrected chi connectivity index (χ1v) is 10.4. The molecule has 0 radical (unpaired) electrons. The standard InChI is InChI=1S/C23H40/c1-4-6-8-9-10-11-12-13-14-15-18-22-19-16-17-21(3)23(22)20-7-5-2/h16-17,19H,4-15,18,20H2,1-3H3. The molecule has 0 nitrogen and oxygen atoms in total. The van der Waals surface area contributed by atoms with Gasteiger partial charge in [-0.1, -0.05) is 96.3 Å². The lowest BCUT2D eigenvalue weighted by molar-refractivity contribution is 0.556. The molecule has 0 atom stereocenters. The molecule has 0 aromatic heterocycles. The van der Waals surface area contributed by atoms with Crippen molar-refractivity contribution in [1.82, 2.24) is 0 Å². The van der Waals surface area contributed by atoms with Crippen LogP contribution in [-0.2, 0) is 12.8 Å². The SMILES string of the molecule is CCCCCCCCCCCCc1cccc(C)c1CCCC. The maximum atomic E-state index is 2.37. The summed E-state index contributed by atoms with van der Waals surface area (Å²) in [6, 6.07) is 6.90. The molecule has 0 aliphatic rings. The predicted octanol–water partition coefficient (Wildman–Crippen LogP) is 7.80. The quantitative estimate of drug-likeness (QED) is 0.307. The Morgan fingerprint density at radius 2 is 1.17 bits per heavy atom. The van der Waals surface area contributed by atoms with Crippen LogP contribution in [0, 0.1) is 6.92 Å². The van der Waals surface area contributed by atoms with E-state index in [1.54, 1.807) is 11.1 Å². The van der Waals surface area contributed by atoms with Gasteiger partial charge in [0.1, 0.15) is 0 Å². The molecule has 0 fully saturated rings. The van der Waals surface area contributed by atoms with E-state index in [0.717, 1.165) is 0 Å². The first-order chi connectivity index (χ1) is 11.3. The summed E-state index contributed by atoms with van der Waals surface area (Å²) in [6.45, 7) is 6.87. The summed E-state index contributed by atoms with van der Waals surface area (Å²) < 4.78 is 0. The minimum atomic E-state index is 1.27. The molecule has 0 aliphatic carbocycles. The van der Waals surface area contributed by atoms with Gasteiger partial charge in [0, 0.05) is 0 Å². The molecule has 0 heterocycles. The summed E-state index contributed by atoms with van der Waals surface area (Å²) in [6.07, 6.45) is 19.5. The fourth-order valence-corrected chi connectivity index (χ4v) is 3.51. The van der Waals surface area contributed by atoms with Crippen molar-refractivity contribution in [3.8, 4) is 0 Å². The van der Waals surface area contributed by atoms with Crippen LogP contribution in [0.3, 0.4) is 0 Å². The van der Waals surface area contributed by atoms with Gasteiger partial charge in [0.15, 0.2) is 0 Å². The highest BCUT2D eigenvalue weighted by molar-refractivity contribution is 5.34. The van der Waals surface area contributed by atoms with Crippen molar-refractivity contribution in [1.29, 1.82) is 0 Å². The zero-order valence-corrected chi connectivity index (χ0v) is 16.1. The Hall–Kier alpha value is -0.780. The van der Waals surface area contributed by atoms with Gasteiger partial charge in [-0.15, -0.1) is 0 Å². The molecule has 0 heteroatoms. The summed E-state index contributed by atoms with van der Waals surface area (Å²) in [5.41, 5.74) is 4.77. The molecule has 0 aliphatic heterocycles. The summed E-state index contributed by atoms with van der Waals surface area (Å²) in [7, 11) is 0. The van der Waals surface area contributed by atoms with Crippen LogP contribution in [0.25, 0.3) is 0 Å². The maximum absolute atomic E-state index is 2.37. The zero-order chi connectivity index (χ0) is 16.8. The van der Waals surface area contributed by atoms with Crippen molar-refractivity contribution in [3.63, 3.8) is 0 Å². The molecule has 0 saturated carbocycles. The number of hydrogen-bond acceptors (Lipinski definition) is 0. The number of benzene rings is 1. The van der Waals surface area contributed by atoms with Gasteiger partial charge in [0.05, 0.1) is 0 Å². The molecule has 0 saturated heterocycles. The topological polar surface area (TPSA) is 0 Å². The van der Waals surface area contributed by atoms with Gasteiger partial charge < -0.3 is 0 Å². The Kier molecular flexibility index (Phi) is 12.0. The van der Waals surface area contributed by atoms with Crippen LogP contribution < -0.4 is 0 Å². The third-order valence-corrected chi connectivity index (χ3v) is 5.09. The van der Waals surface area contributed by atoms with E-state index in [0.29, 0.717) is 0 Å². The van der Waals surface area contributed by atoms with E-state index < -0.39 is 0 Å². The highest BCUT2D eigenvalue weighted by Crippen LogP contribution is 2.20. The third kappa shape index (κ3) is 9.18. The Labute approximate surface area is 146 Å². The first-order valence-electron chi connectivity index (χ1n) is 10.4. The molecule has 0 amide bonds. The fraction of sp³-hybridized carbons (Fsp3) is 0.739. The van der Waals surface area contributed by atoms with Gasteiger partial charge in [-0.3, -0.25) is 0 Å². The molecule has 0 N–H and O–H groups in total. The molecular weight excluding hydrogens is 276 g/mol. The summed E-state index contributed by atoms with van der Waals surface area (Å²) in [5.74, 6) is 0. The van der Waals surface area contributed by atoms with Crippen LogP contribution in [0.1, 0.15) is 108 Å². The number of rotatable bonds is 14. The lowest BCUT2D eigenvalue weighted by Crippen LogP contribution is -1.98. The van der Waals surface area contributed by atoms with E-state index in [2.05, 4.69) is 39.0 Å². The van der Waals surface area contributed by atoms with Crippen LogP contribution in [0.5, 0.6) is 0 Å². The van der Waals surface area contributed by atoms with Gasteiger partial charge in [-0.2, -0.15) is 0 Å². The van der Waals surface area contributed by atoms with Crippen LogP contribution in [0.15, 0.2) is 18.2 Å². The van der Waals surface area contributed by atoms with E-state index in [4.69, 9.17) is 0 Å². The zero-order valence-electron chi connectivity index (χ0n) is 16.1. The smallest absolute Gasteiger partial charge is 0.0274 e. The van der Waals surface area contributed by atoms with Crippen molar-refractivity contribution >= 4 is 0 Å². The Balaban J connectivity index is 2.15. The van der Waals surface area contributed by atoms with Gasteiger partial charge in [-0.25, -0.2) is 0 Å². The highest BCUT2D eigenvalue weighted by atomic mass is 14.1. The van der Waals surface area contributed by atoms with Crippen molar-refractivity contribution in [2.24, 2.45) is 0 Å². The monoisotopic (exact) mass is 316 g/mol. The second-order valence-corrected chi connectivity index (χ2v) is 7.25. The molecular formula is C23H40. The van der Waals surface area contributed by atoms with Crippen LogP contribution in [0.4, 0.5) is 0 Å². The average molecular weight is 317 g/mol.